The summed E-state index contributed by atoms with van der Waals surface area (Å²) in [4.78, 5) is 16.7. The van der Waals surface area contributed by atoms with E-state index in [2.05, 4.69) is 51.4 Å². The van der Waals surface area contributed by atoms with Crippen LogP contribution in [0.3, 0.4) is 0 Å². The molecule has 8 heteroatoms. The zero-order chi connectivity index (χ0) is 19.1. The van der Waals surface area contributed by atoms with Crippen LogP contribution in [0.5, 0.6) is 0 Å². The van der Waals surface area contributed by atoms with Crippen LogP contribution in [-0.2, 0) is 4.74 Å². The summed E-state index contributed by atoms with van der Waals surface area (Å²) >= 11 is 1.42. The molecule has 7 nitrogen and oxygen atoms in total. The van der Waals surface area contributed by atoms with E-state index in [1.54, 1.807) is 6.33 Å². The first-order valence-electron chi connectivity index (χ1n) is 9.70. The molecule has 1 saturated heterocycles. The molecule has 0 aliphatic carbocycles. The molecule has 0 saturated carbocycles. The Kier molecular flexibility index (Phi) is 4.72. The van der Waals surface area contributed by atoms with Crippen molar-refractivity contribution in [2.24, 2.45) is 0 Å². The monoisotopic (exact) mass is 397 g/mol. The third-order valence-corrected chi connectivity index (χ3v) is 6.53. The molecule has 146 valence electrons. The van der Waals surface area contributed by atoms with Crippen LogP contribution in [-0.4, -0.2) is 45.9 Å². The first-order chi connectivity index (χ1) is 13.7. The summed E-state index contributed by atoms with van der Waals surface area (Å²) in [7, 11) is 0. The van der Waals surface area contributed by atoms with Crippen molar-refractivity contribution < 1.29 is 9.84 Å². The maximum Gasteiger partial charge on any atom is 0.164 e. The van der Waals surface area contributed by atoms with Gasteiger partial charge < -0.3 is 14.7 Å². The lowest BCUT2D eigenvalue weighted by Crippen LogP contribution is -2.37. The van der Waals surface area contributed by atoms with E-state index in [1.807, 2.05) is 0 Å². The number of para-hydroxylation sites is 1. The van der Waals surface area contributed by atoms with Gasteiger partial charge >= 0.3 is 0 Å². The normalized spacial score (nSPS) is 21.2. The SMILES string of the molecule is CC1CN(c2ncnc3sc(C(O)NC4CCOCC4)nc23)c2ccccc21. The van der Waals surface area contributed by atoms with Crippen molar-refractivity contribution >= 4 is 33.2 Å². The molecule has 28 heavy (non-hydrogen) atoms. The standard InChI is InChI=1S/C20H23N5O2S/c1-12-10-25(15-5-3-2-4-14(12)15)17-16-19(22-11-21-17)28-20(24-16)18(26)23-13-6-8-27-9-7-13/h2-5,11-13,18,23,26H,6-10H2,1H3. The van der Waals surface area contributed by atoms with Crippen LogP contribution in [0.15, 0.2) is 30.6 Å². The third-order valence-electron chi connectivity index (χ3n) is 5.51. The lowest BCUT2D eigenvalue weighted by atomic mass is 10.0. The molecule has 0 radical (unpaired) electrons. The average Bonchev–Trinajstić information content (AvgIpc) is 3.31. The molecule has 1 fully saturated rings. The van der Waals surface area contributed by atoms with Crippen molar-refractivity contribution in [3.05, 3.63) is 41.2 Å². The van der Waals surface area contributed by atoms with E-state index in [1.165, 1.54) is 22.6 Å². The second kappa shape index (κ2) is 7.36. The number of hydrogen-bond acceptors (Lipinski definition) is 8. The molecule has 5 rings (SSSR count). The van der Waals surface area contributed by atoms with E-state index in [9.17, 15) is 5.11 Å². The highest BCUT2D eigenvalue weighted by Gasteiger charge is 2.29. The van der Waals surface area contributed by atoms with E-state index < -0.39 is 6.23 Å². The van der Waals surface area contributed by atoms with Gasteiger partial charge in [-0.3, -0.25) is 5.32 Å². The minimum atomic E-state index is -0.806. The number of benzene rings is 1. The Balaban J connectivity index is 1.47. The van der Waals surface area contributed by atoms with Crippen molar-refractivity contribution in [1.82, 2.24) is 20.3 Å². The fourth-order valence-corrected chi connectivity index (χ4v) is 4.90. The lowest BCUT2D eigenvalue weighted by molar-refractivity contribution is 0.0491. The van der Waals surface area contributed by atoms with Crippen molar-refractivity contribution in [2.45, 2.75) is 38.0 Å². The zero-order valence-corrected chi connectivity index (χ0v) is 16.5. The molecule has 2 N–H and O–H groups in total. The van der Waals surface area contributed by atoms with Crippen LogP contribution in [0.2, 0.25) is 0 Å². The van der Waals surface area contributed by atoms with Gasteiger partial charge in [-0.25, -0.2) is 15.0 Å². The molecule has 0 bridgehead atoms. The Hall–Kier alpha value is -2.13. The fourth-order valence-electron chi connectivity index (χ4n) is 4.05. The molecule has 2 atom stereocenters. The predicted molar refractivity (Wildman–Crippen MR) is 109 cm³/mol. The van der Waals surface area contributed by atoms with Gasteiger partial charge in [0, 0.05) is 37.4 Å². The number of aromatic nitrogens is 3. The van der Waals surface area contributed by atoms with E-state index in [-0.39, 0.29) is 6.04 Å². The van der Waals surface area contributed by atoms with Gasteiger partial charge in [0.2, 0.25) is 0 Å². The number of hydrogen-bond donors (Lipinski definition) is 2. The van der Waals surface area contributed by atoms with E-state index in [4.69, 9.17) is 9.72 Å². The second-order valence-corrected chi connectivity index (χ2v) is 8.44. The van der Waals surface area contributed by atoms with Gasteiger partial charge in [0.15, 0.2) is 12.0 Å². The van der Waals surface area contributed by atoms with Gasteiger partial charge in [0.1, 0.15) is 21.7 Å². The highest BCUT2D eigenvalue weighted by molar-refractivity contribution is 7.18. The first-order valence-corrected chi connectivity index (χ1v) is 10.5. The van der Waals surface area contributed by atoms with Crippen molar-refractivity contribution in [3.8, 4) is 0 Å². The van der Waals surface area contributed by atoms with Gasteiger partial charge in [0.25, 0.3) is 0 Å². The molecule has 4 heterocycles. The second-order valence-electron chi connectivity index (χ2n) is 7.43. The molecule has 3 aromatic rings. The van der Waals surface area contributed by atoms with E-state index >= 15 is 0 Å². The summed E-state index contributed by atoms with van der Waals surface area (Å²) in [5, 5.41) is 14.6. The minimum absolute atomic E-state index is 0.243. The Labute approximate surface area is 167 Å². The number of ether oxygens (including phenoxy) is 1. The smallest absolute Gasteiger partial charge is 0.164 e. The minimum Gasteiger partial charge on any atom is -0.381 e. The number of aliphatic hydroxyl groups is 1. The van der Waals surface area contributed by atoms with Crippen LogP contribution in [0.1, 0.15) is 42.5 Å². The number of rotatable bonds is 4. The van der Waals surface area contributed by atoms with Crippen LogP contribution in [0.25, 0.3) is 10.3 Å². The maximum absolute atomic E-state index is 10.7. The summed E-state index contributed by atoms with van der Waals surface area (Å²) in [6, 6.07) is 8.67. The van der Waals surface area contributed by atoms with Gasteiger partial charge in [0.05, 0.1) is 0 Å². The van der Waals surface area contributed by atoms with Gasteiger partial charge in [-0.1, -0.05) is 36.5 Å². The fraction of sp³-hybridized carbons (Fsp3) is 0.450. The highest BCUT2D eigenvalue weighted by Crippen LogP contribution is 2.42. The van der Waals surface area contributed by atoms with Crippen LogP contribution >= 0.6 is 11.3 Å². The molecule has 1 aromatic carbocycles. The van der Waals surface area contributed by atoms with Crippen molar-refractivity contribution in [1.29, 1.82) is 0 Å². The number of thiazole rings is 1. The van der Waals surface area contributed by atoms with E-state index in [0.717, 1.165) is 48.8 Å². The van der Waals surface area contributed by atoms with Crippen LogP contribution in [0.4, 0.5) is 11.5 Å². The van der Waals surface area contributed by atoms with Crippen LogP contribution in [0, 0.1) is 0 Å². The highest BCUT2D eigenvalue weighted by atomic mass is 32.1. The number of nitrogens with zero attached hydrogens (tertiary/aromatic N) is 4. The van der Waals surface area contributed by atoms with Gasteiger partial charge in [-0.15, -0.1) is 0 Å². The molecular weight excluding hydrogens is 374 g/mol. The molecule has 2 unspecified atom stereocenters. The largest absolute Gasteiger partial charge is 0.381 e. The Morgan fingerprint density at radius 3 is 2.93 bits per heavy atom. The molecule has 2 aromatic heterocycles. The summed E-state index contributed by atoms with van der Waals surface area (Å²) in [5.41, 5.74) is 3.25. The summed E-state index contributed by atoms with van der Waals surface area (Å²) in [5.74, 6) is 1.24. The number of aliphatic hydroxyl groups excluding tert-OH is 1. The Morgan fingerprint density at radius 1 is 1.25 bits per heavy atom. The zero-order valence-electron chi connectivity index (χ0n) is 15.7. The lowest BCUT2D eigenvalue weighted by Gasteiger charge is -2.25. The topological polar surface area (TPSA) is 83.4 Å². The summed E-state index contributed by atoms with van der Waals surface area (Å²) < 4.78 is 5.39. The maximum atomic E-state index is 10.7. The summed E-state index contributed by atoms with van der Waals surface area (Å²) in [6.07, 6.45) is 2.58. The predicted octanol–water partition coefficient (Wildman–Crippen LogP) is 3.10. The van der Waals surface area contributed by atoms with Gasteiger partial charge in [-0.2, -0.15) is 0 Å². The first kappa shape index (κ1) is 17.9. The molecule has 0 spiro atoms. The van der Waals surface area contributed by atoms with Crippen LogP contribution < -0.4 is 10.2 Å². The van der Waals surface area contributed by atoms with Gasteiger partial charge in [-0.05, 0) is 24.5 Å². The number of anilines is 2. The average molecular weight is 398 g/mol. The number of fused-ring (bicyclic) bond motifs is 2. The molecule has 2 aliphatic rings. The molecule has 2 aliphatic heterocycles. The van der Waals surface area contributed by atoms with Crippen molar-refractivity contribution in [3.63, 3.8) is 0 Å². The molecule has 0 amide bonds. The Bertz CT molecular complexity index is 988. The Morgan fingerprint density at radius 2 is 2.07 bits per heavy atom. The molecular formula is C20H23N5O2S. The number of nitrogens with one attached hydrogen (secondary N) is 1. The third kappa shape index (κ3) is 3.16. The quantitative estimate of drug-likeness (QED) is 0.655. The summed E-state index contributed by atoms with van der Waals surface area (Å²) in [6.45, 7) is 4.55. The van der Waals surface area contributed by atoms with E-state index in [0.29, 0.717) is 10.9 Å². The van der Waals surface area contributed by atoms with Crippen molar-refractivity contribution in [2.75, 3.05) is 24.7 Å².